The maximum atomic E-state index is 13.2. The number of hydrogen-bond acceptors (Lipinski definition) is 2. The standard InChI is InChI=1S/C13H7F2NO/c14-6-1-2-8-9(3-6)13(17)10-4-7(15)5-11(16)12(8)10/h1-5H,16H2. The molecule has 0 saturated carbocycles. The van der Waals surface area contributed by atoms with Gasteiger partial charge in [-0.3, -0.25) is 4.79 Å². The van der Waals surface area contributed by atoms with Crippen molar-refractivity contribution in [1.82, 2.24) is 0 Å². The van der Waals surface area contributed by atoms with Crippen LogP contribution in [0, 0.1) is 11.6 Å². The van der Waals surface area contributed by atoms with Crippen molar-refractivity contribution in [3.05, 3.63) is 53.1 Å². The summed E-state index contributed by atoms with van der Waals surface area (Å²) in [6.45, 7) is 0. The van der Waals surface area contributed by atoms with Crippen molar-refractivity contribution in [1.29, 1.82) is 0 Å². The van der Waals surface area contributed by atoms with E-state index in [1.807, 2.05) is 0 Å². The van der Waals surface area contributed by atoms with Gasteiger partial charge >= 0.3 is 0 Å². The first-order valence-electron chi connectivity index (χ1n) is 5.01. The van der Waals surface area contributed by atoms with Gasteiger partial charge in [-0.1, -0.05) is 6.07 Å². The van der Waals surface area contributed by atoms with Gasteiger partial charge in [-0.15, -0.1) is 0 Å². The van der Waals surface area contributed by atoms with Crippen LogP contribution in [0.1, 0.15) is 15.9 Å². The number of fused-ring (bicyclic) bond motifs is 3. The van der Waals surface area contributed by atoms with Gasteiger partial charge in [0, 0.05) is 22.4 Å². The van der Waals surface area contributed by atoms with Gasteiger partial charge in [0.1, 0.15) is 11.6 Å². The monoisotopic (exact) mass is 231 g/mol. The number of carbonyl (C=O) groups excluding carboxylic acids is 1. The van der Waals surface area contributed by atoms with Gasteiger partial charge in [0.25, 0.3) is 0 Å². The molecule has 2 nitrogen and oxygen atoms in total. The molecule has 1 aliphatic rings. The zero-order valence-electron chi connectivity index (χ0n) is 8.63. The Morgan fingerprint density at radius 1 is 0.882 bits per heavy atom. The summed E-state index contributed by atoms with van der Waals surface area (Å²) in [5.41, 5.74) is 7.38. The van der Waals surface area contributed by atoms with Crippen molar-refractivity contribution in [2.75, 3.05) is 5.73 Å². The summed E-state index contributed by atoms with van der Waals surface area (Å²) in [4.78, 5) is 12.0. The molecule has 0 amide bonds. The summed E-state index contributed by atoms with van der Waals surface area (Å²) in [5, 5.41) is 0. The molecule has 3 rings (SSSR count). The van der Waals surface area contributed by atoms with E-state index in [-0.39, 0.29) is 22.6 Å². The number of nitrogens with two attached hydrogens (primary N) is 1. The highest BCUT2D eigenvalue weighted by Crippen LogP contribution is 2.40. The van der Waals surface area contributed by atoms with Crippen molar-refractivity contribution in [3.63, 3.8) is 0 Å². The van der Waals surface area contributed by atoms with Crippen molar-refractivity contribution in [2.45, 2.75) is 0 Å². The quantitative estimate of drug-likeness (QED) is 0.604. The smallest absolute Gasteiger partial charge is 0.194 e. The van der Waals surface area contributed by atoms with Crippen LogP contribution in [0.25, 0.3) is 11.1 Å². The van der Waals surface area contributed by atoms with E-state index in [0.29, 0.717) is 11.1 Å². The Balaban J connectivity index is 2.39. The third kappa shape index (κ3) is 1.27. The summed E-state index contributed by atoms with van der Waals surface area (Å²) in [5.74, 6) is -1.45. The van der Waals surface area contributed by atoms with Crippen LogP contribution in [0.2, 0.25) is 0 Å². The maximum absolute atomic E-state index is 13.2. The Bertz CT molecular complexity index is 665. The van der Waals surface area contributed by atoms with Crippen LogP contribution in [0.5, 0.6) is 0 Å². The van der Waals surface area contributed by atoms with E-state index < -0.39 is 11.6 Å². The molecule has 0 aliphatic heterocycles. The van der Waals surface area contributed by atoms with Crippen LogP contribution in [-0.2, 0) is 0 Å². The van der Waals surface area contributed by atoms with Gasteiger partial charge in [-0.05, 0) is 29.8 Å². The van der Waals surface area contributed by atoms with Crippen LogP contribution in [-0.4, -0.2) is 5.78 Å². The van der Waals surface area contributed by atoms with Gasteiger partial charge < -0.3 is 5.73 Å². The predicted octanol–water partition coefficient (Wildman–Crippen LogP) is 2.76. The van der Waals surface area contributed by atoms with Crippen LogP contribution in [0.4, 0.5) is 14.5 Å². The first-order chi connectivity index (χ1) is 8.08. The lowest BCUT2D eigenvalue weighted by atomic mass is 10.0. The van der Waals surface area contributed by atoms with Crippen molar-refractivity contribution in [2.24, 2.45) is 0 Å². The maximum Gasteiger partial charge on any atom is 0.194 e. The highest BCUT2D eigenvalue weighted by atomic mass is 19.1. The molecular weight excluding hydrogens is 224 g/mol. The van der Waals surface area contributed by atoms with E-state index in [4.69, 9.17) is 5.73 Å². The topological polar surface area (TPSA) is 43.1 Å². The van der Waals surface area contributed by atoms with Crippen molar-refractivity contribution < 1.29 is 13.6 Å². The van der Waals surface area contributed by atoms with Crippen LogP contribution >= 0.6 is 0 Å². The number of halogens is 2. The lowest BCUT2D eigenvalue weighted by molar-refractivity contribution is 0.104. The number of hydrogen-bond donors (Lipinski definition) is 1. The zero-order chi connectivity index (χ0) is 12.2. The summed E-state index contributed by atoms with van der Waals surface area (Å²) in [7, 11) is 0. The highest BCUT2D eigenvalue weighted by molar-refractivity contribution is 6.23. The molecule has 17 heavy (non-hydrogen) atoms. The highest BCUT2D eigenvalue weighted by Gasteiger charge is 2.29. The molecule has 0 radical (unpaired) electrons. The average molecular weight is 231 g/mol. The molecule has 0 saturated heterocycles. The molecule has 0 fully saturated rings. The molecule has 1 aliphatic carbocycles. The fraction of sp³-hybridized carbons (Fsp3) is 0. The molecule has 0 unspecified atom stereocenters. The van der Waals surface area contributed by atoms with E-state index in [1.165, 1.54) is 12.1 Å². The normalized spacial score (nSPS) is 12.5. The zero-order valence-corrected chi connectivity index (χ0v) is 8.63. The number of carbonyl (C=O) groups is 1. The number of anilines is 1. The lowest BCUT2D eigenvalue weighted by Gasteiger charge is -2.04. The number of ketones is 1. The number of benzene rings is 2. The lowest BCUT2D eigenvalue weighted by Crippen LogP contribution is -1.97. The molecule has 0 spiro atoms. The average Bonchev–Trinajstić information content (AvgIpc) is 2.53. The molecule has 0 heterocycles. The second-order valence-corrected chi connectivity index (χ2v) is 3.94. The van der Waals surface area contributed by atoms with Crippen LogP contribution in [0.15, 0.2) is 30.3 Å². The molecule has 0 aromatic heterocycles. The van der Waals surface area contributed by atoms with E-state index in [0.717, 1.165) is 18.2 Å². The minimum Gasteiger partial charge on any atom is -0.398 e. The Hall–Kier alpha value is -2.23. The van der Waals surface area contributed by atoms with Gasteiger partial charge in [0.2, 0.25) is 0 Å². The van der Waals surface area contributed by atoms with Crippen LogP contribution < -0.4 is 5.73 Å². The molecule has 2 N–H and O–H groups in total. The van der Waals surface area contributed by atoms with Gasteiger partial charge in [-0.2, -0.15) is 0 Å². The summed E-state index contributed by atoms with van der Waals surface area (Å²) in [6, 6.07) is 6.18. The largest absolute Gasteiger partial charge is 0.398 e. The van der Waals surface area contributed by atoms with E-state index in [9.17, 15) is 13.6 Å². The first-order valence-corrected chi connectivity index (χ1v) is 5.01. The number of rotatable bonds is 0. The Labute approximate surface area is 95.7 Å². The molecule has 2 aromatic rings. The molecule has 4 heteroatoms. The van der Waals surface area contributed by atoms with E-state index in [1.54, 1.807) is 0 Å². The molecule has 0 atom stereocenters. The van der Waals surface area contributed by atoms with E-state index in [2.05, 4.69) is 0 Å². The minimum absolute atomic E-state index is 0.193. The van der Waals surface area contributed by atoms with Crippen molar-refractivity contribution >= 4 is 11.5 Å². The third-order valence-corrected chi connectivity index (χ3v) is 2.87. The Morgan fingerprint density at radius 2 is 1.59 bits per heavy atom. The Kier molecular flexibility index (Phi) is 1.84. The van der Waals surface area contributed by atoms with Gasteiger partial charge in [-0.25, -0.2) is 8.78 Å². The first kappa shape index (κ1) is 9.96. The van der Waals surface area contributed by atoms with Gasteiger partial charge in [0.15, 0.2) is 5.78 Å². The molecule has 0 bridgehead atoms. The van der Waals surface area contributed by atoms with Gasteiger partial charge in [0.05, 0.1) is 0 Å². The summed E-state index contributed by atoms with van der Waals surface area (Å²) in [6.07, 6.45) is 0. The second kappa shape index (κ2) is 3.13. The minimum atomic E-state index is -0.567. The second-order valence-electron chi connectivity index (χ2n) is 3.94. The SMILES string of the molecule is Nc1cc(F)cc2c1-c1ccc(F)cc1C2=O. The molecule has 2 aromatic carbocycles. The Morgan fingerprint density at radius 3 is 2.35 bits per heavy atom. The van der Waals surface area contributed by atoms with E-state index >= 15 is 0 Å². The number of nitrogen functional groups attached to an aromatic ring is 1. The summed E-state index contributed by atoms with van der Waals surface area (Å²) < 4.78 is 26.3. The predicted molar refractivity (Wildman–Crippen MR) is 59.6 cm³/mol. The van der Waals surface area contributed by atoms with Crippen molar-refractivity contribution in [3.8, 4) is 11.1 Å². The fourth-order valence-electron chi connectivity index (χ4n) is 2.18. The fourth-order valence-corrected chi connectivity index (χ4v) is 2.18. The molecular formula is C13H7F2NO. The van der Waals surface area contributed by atoms with Crippen LogP contribution in [0.3, 0.4) is 0 Å². The molecule has 84 valence electrons. The third-order valence-electron chi connectivity index (χ3n) is 2.87. The summed E-state index contributed by atoms with van der Waals surface area (Å²) >= 11 is 0.